The molecular weight excluding hydrogens is 352 g/mol. The molecule has 3 aromatic carbocycles. The molecule has 0 atom stereocenters. The van der Waals surface area contributed by atoms with Crippen LogP contribution in [0.3, 0.4) is 0 Å². The third-order valence-electron chi connectivity index (χ3n) is 3.55. The average molecular weight is 366 g/mol. The molecule has 7 heteroatoms. The van der Waals surface area contributed by atoms with Crippen molar-refractivity contribution in [1.82, 2.24) is 0 Å². The molecule has 3 N–H and O–H groups in total. The summed E-state index contributed by atoms with van der Waals surface area (Å²) in [5.74, 6) is -2.48. The Hall–Kier alpha value is -4.00. The molecule has 0 spiro atoms. The number of benzene rings is 3. The molecule has 7 nitrogen and oxygen atoms in total. The second kappa shape index (κ2) is 7.49. The van der Waals surface area contributed by atoms with Gasteiger partial charge in [0.25, 0.3) is 0 Å². The summed E-state index contributed by atoms with van der Waals surface area (Å²) in [5.41, 5.74) is 0.124. The van der Waals surface area contributed by atoms with Crippen molar-refractivity contribution < 1.29 is 34.4 Å². The van der Waals surface area contributed by atoms with Gasteiger partial charge in [0.05, 0.1) is 11.1 Å². The number of hydrogen-bond donors (Lipinski definition) is 3. The monoisotopic (exact) mass is 366 g/mol. The normalized spacial score (nSPS) is 10.2. The Bertz CT molecular complexity index is 1010. The summed E-state index contributed by atoms with van der Waals surface area (Å²) in [7, 11) is 0. The van der Waals surface area contributed by atoms with Gasteiger partial charge in [-0.05, 0) is 48.5 Å². The van der Waals surface area contributed by atoms with Crippen molar-refractivity contribution in [1.29, 1.82) is 0 Å². The van der Waals surface area contributed by atoms with Gasteiger partial charge in [-0.25, -0.2) is 9.59 Å². The molecule has 0 heterocycles. The zero-order valence-electron chi connectivity index (χ0n) is 13.8. The molecule has 0 aromatic heterocycles. The first kappa shape index (κ1) is 17.8. The molecule has 0 bridgehead atoms. The molecule has 0 unspecified atom stereocenters. The quantitative estimate of drug-likeness (QED) is 0.369. The van der Waals surface area contributed by atoms with Crippen LogP contribution < -0.4 is 9.47 Å². The predicted molar refractivity (Wildman–Crippen MR) is 94.2 cm³/mol. The van der Waals surface area contributed by atoms with E-state index in [1.807, 2.05) is 0 Å². The van der Waals surface area contributed by atoms with Crippen molar-refractivity contribution in [3.8, 4) is 28.7 Å². The summed E-state index contributed by atoms with van der Waals surface area (Å²) < 4.78 is 10.5. The molecule has 0 saturated heterocycles. The summed E-state index contributed by atoms with van der Waals surface area (Å²) in [6.45, 7) is 0. The Morgan fingerprint density at radius 3 is 1.78 bits per heavy atom. The van der Waals surface area contributed by atoms with Crippen LogP contribution in [-0.4, -0.2) is 27.3 Å². The van der Waals surface area contributed by atoms with Crippen molar-refractivity contribution in [2.45, 2.75) is 0 Å². The van der Waals surface area contributed by atoms with Crippen molar-refractivity contribution in [3.63, 3.8) is 0 Å². The number of carbonyl (C=O) groups excluding carboxylic acids is 2. The molecule has 0 aliphatic carbocycles. The fraction of sp³-hybridized carbons (Fsp3) is 0. The minimum Gasteiger partial charge on any atom is -0.508 e. The van der Waals surface area contributed by atoms with Crippen LogP contribution >= 0.6 is 0 Å². The lowest BCUT2D eigenvalue weighted by molar-refractivity contribution is 0.0682. The molecule has 0 fully saturated rings. The Morgan fingerprint density at radius 1 is 0.630 bits per heavy atom. The fourth-order valence-electron chi connectivity index (χ4n) is 2.22. The highest BCUT2D eigenvalue weighted by Gasteiger charge is 2.17. The first-order chi connectivity index (χ1) is 12.9. The van der Waals surface area contributed by atoms with E-state index in [0.29, 0.717) is 0 Å². The third kappa shape index (κ3) is 4.16. The Labute approximate surface area is 153 Å². The molecule has 27 heavy (non-hydrogen) atoms. The molecule has 136 valence electrons. The fourth-order valence-corrected chi connectivity index (χ4v) is 2.22. The number of esters is 2. The smallest absolute Gasteiger partial charge is 0.343 e. The number of phenolic OH excluding ortho intramolecular Hbond substituents is 3. The minimum absolute atomic E-state index is 0.000545. The topological polar surface area (TPSA) is 113 Å². The van der Waals surface area contributed by atoms with Gasteiger partial charge in [0.1, 0.15) is 5.75 Å². The van der Waals surface area contributed by atoms with Gasteiger partial charge in [0, 0.05) is 0 Å². The highest BCUT2D eigenvalue weighted by atomic mass is 16.6. The molecule has 0 aliphatic heterocycles. The average Bonchev–Trinajstić information content (AvgIpc) is 2.65. The van der Waals surface area contributed by atoms with E-state index in [1.165, 1.54) is 42.5 Å². The maximum Gasteiger partial charge on any atom is 0.343 e. The number of para-hydroxylation sites is 2. The van der Waals surface area contributed by atoms with Crippen LogP contribution in [0, 0.1) is 0 Å². The van der Waals surface area contributed by atoms with Gasteiger partial charge in [-0.3, -0.25) is 0 Å². The van der Waals surface area contributed by atoms with Crippen molar-refractivity contribution >= 4 is 11.9 Å². The summed E-state index contributed by atoms with van der Waals surface area (Å²) in [6.07, 6.45) is 0. The zero-order valence-corrected chi connectivity index (χ0v) is 13.8. The van der Waals surface area contributed by atoms with Crippen LogP contribution in [-0.2, 0) is 0 Å². The van der Waals surface area contributed by atoms with Gasteiger partial charge in [0.2, 0.25) is 0 Å². The lowest BCUT2D eigenvalue weighted by atomic mass is 10.2. The molecule has 3 rings (SSSR count). The van der Waals surface area contributed by atoms with Crippen LogP contribution in [0.25, 0.3) is 0 Å². The van der Waals surface area contributed by atoms with Gasteiger partial charge in [0.15, 0.2) is 23.0 Å². The SMILES string of the molecule is O=C(Oc1ccccc1OC(=O)c1ccc(O)c(O)c1)c1cccc(O)c1. The van der Waals surface area contributed by atoms with E-state index in [9.17, 15) is 24.9 Å². The number of rotatable bonds is 4. The van der Waals surface area contributed by atoms with E-state index < -0.39 is 17.7 Å². The molecular formula is C20H14O7. The van der Waals surface area contributed by atoms with E-state index in [2.05, 4.69) is 0 Å². The maximum atomic E-state index is 12.2. The summed E-state index contributed by atoms with van der Waals surface area (Å²) in [4.78, 5) is 24.5. The standard InChI is InChI=1S/C20H14O7/c21-14-5-3-4-12(10-14)19(24)26-17-6-1-2-7-18(17)27-20(25)13-8-9-15(22)16(23)11-13/h1-11,21-23H. The van der Waals surface area contributed by atoms with E-state index in [1.54, 1.807) is 12.1 Å². The van der Waals surface area contributed by atoms with Gasteiger partial charge >= 0.3 is 11.9 Å². The summed E-state index contributed by atoms with van der Waals surface area (Å²) in [6, 6.07) is 15.2. The Kier molecular flexibility index (Phi) is 4.94. The lowest BCUT2D eigenvalue weighted by Gasteiger charge is -2.11. The van der Waals surface area contributed by atoms with Gasteiger partial charge in [-0.2, -0.15) is 0 Å². The van der Waals surface area contributed by atoms with Crippen LogP contribution in [0.1, 0.15) is 20.7 Å². The molecule has 0 saturated carbocycles. The van der Waals surface area contributed by atoms with Crippen molar-refractivity contribution in [2.24, 2.45) is 0 Å². The lowest BCUT2D eigenvalue weighted by Crippen LogP contribution is -2.12. The van der Waals surface area contributed by atoms with Gasteiger partial charge < -0.3 is 24.8 Å². The van der Waals surface area contributed by atoms with Crippen LogP contribution in [0.15, 0.2) is 66.7 Å². The van der Waals surface area contributed by atoms with E-state index in [-0.39, 0.29) is 34.1 Å². The van der Waals surface area contributed by atoms with Gasteiger partial charge in [-0.15, -0.1) is 0 Å². The van der Waals surface area contributed by atoms with E-state index in [4.69, 9.17) is 9.47 Å². The first-order valence-corrected chi connectivity index (χ1v) is 7.78. The largest absolute Gasteiger partial charge is 0.508 e. The second-order valence-corrected chi connectivity index (χ2v) is 5.48. The predicted octanol–water partition coefficient (Wildman–Crippen LogP) is 3.24. The number of hydrogen-bond acceptors (Lipinski definition) is 7. The number of aromatic hydroxyl groups is 3. The van der Waals surface area contributed by atoms with E-state index >= 15 is 0 Å². The van der Waals surface area contributed by atoms with Crippen molar-refractivity contribution in [3.05, 3.63) is 77.9 Å². The number of ether oxygens (including phenoxy) is 2. The highest BCUT2D eigenvalue weighted by molar-refractivity contribution is 5.93. The second-order valence-electron chi connectivity index (χ2n) is 5.48. The molecule has 0 aliphatic rings. The van der Waals surface area contributed by atoms with Gasteiger partial charge in [-0.1, -0.05) is 18.2 Å². The van der Waals surface area contributed by atoms with Crippen LogP contribution in [0.4, 0.5) is 0 Å². The molecule has 3 aromatic rings. The zero-order chi connectivity index (χ0) is 19.4. The maximum absolute atomic E-state index is 12.2. The van der Waals surface area contributed by atoms with Crippen LogP contribution in [0.2, 0.25) is 0 Å². The van der Waals surface area contributed by atoms with Crippen LogP contribution in [0.5, 0.6) is 28.7 Å². The molecule has 0 amide bonds. The van der Waals surface area contributed by atoms with Crippen molar-refractivity contribution in [2.75, 3.05) is 0 Å². The Morgan fingerprint density at radius 2 is 1.22 bits per heavy atom. The number of carbonyl (C=O) groups is 2. The first-order valence-electron chi connectivity index (χ1n) is 7.78. The summed E-state index contributed by atoms with van der Waals surface area (Å²) >= 11 is 0. The third-order valence-corrected chi connectivity index (χ3v) is 3.55. The number of phenols is 3. The highest BCUT2D eigenvalue weighted by Crippen LogP contribution is 2.30. The summed E-state index contributed by atoms with van der Waals surface area (Å²) in [5, 5.41) is 28.3. The minimum atomic E-state index is -0.814. The molecule has 0 radical (unpaired) electrons. The van der Waals surface area contributed by atoms with E-state index in [0.717, 1.165) is 12.1 Å². The Balaban J connectivity index is 1.80.